The molecule has 25 heavy (non-hydrogen) atoms. The molecule has 0 radical (unpaired) electrons. The molecule has 0 amide bonds. The van der Waals surface area contributed by atoms with Crippen molar-refractivity contribution in [1.29, 1.82) is 0 Å². The Hall–Kier alpha value is -2.58. The summed E-state index contributed by atoms with van der Waals surface area (Å²) in [5, 5.41) is 0. The number of allylic oxidation sites excluding steroid dienone is 3. The number of rotatable bonds is 5. The molecule has 136 valence electrons. The van der Waals surface area contributed by atoms with Gasteiger partial charge in [-0.05, 0) is 23.8 Å². The number of Topliss-reactive ketones (excluding diaryl/α,β-unsaturated/α-hetero) is 2. The monoisotopic (exact) mass is 365 g/mol. The lowest BCUT2D eigenvalue weighted by molar-refractivity contribution is -0.175. The van der Waals surface area contributed by atoms with Crippen molar-refractivity contribution in [3.63, 3.8) is 0 Å². The summed E-state index contributed by atoms with van der Waals surface area (Å²) in [4.78, 5) is 23.9. The lowest BCUT2D eigenvalue weighted by Crippen LogP contribution is -2.34. The molecule has 9 heteroatoms. The second-order valence-corrected chi connectivity index (χ2v) is 5.08. The Morgan fingerprint density at radius 1 is 0.880 bits per heavy atom. The Morgan fingerprint density at radius 2 is 1.32 bits per heavy atom. The van der Waals surface area contributed by atoms with Crippen LogP contribution in [-0.4, -0.2) is 38.0 Å². The first kappa shape index (κ1) is 20.5. The first-order chi connectivity index (χ1) is 11.3. The van der Waals surface area contributed by atoms with Gasteiger partial charge in [0.2, 0.25) is 0 Å². The number of hydrogen-bond donors (Lipinski definition) is 0. The second-order valence-electron chi connectivity index (χ2n) is 5.08. The molecule has 0 fully saturated rings. The molecule has 1 aromatic carbocycles. The minimum absolute atomic E-state index is 0.214. The van der Waals surface area contributed by atoms with Gasteiger partial charge < -0.3 is 4.90 Å². The molecule has 0 aliphatic carbocycles. The number of alkyl halides is 6. The zero-order valence-corrected chi connectivity index (χ0v) is 13.1. The van der Waals surface area contributed by atoms with Gasteiger partial charge in [0.05, 0.1) is 5.57 Å². The Morgan fingerprint density at radius 3 is 1.68 bits per heavy atom. The molecule has 0 bridgehead atoms. The number of carbonyl (C=O) groups excluding carboxylic acids is 2. The minimum Gasteiger partial charge on any atom is -0.378 e. The Balaban J connectivity index is 3.14. The van der Waals surface area contributed by atoms with Crippen LogP contribution in [0.1, 0.15) is 5.56 Å². The fourth-order valence-corrected chi connectivity index (χ4v) is 1.70. The topological polar surface area (TPSA) is 37.4 Å². The third kappa shape index (κ3) is 5.77. The van der Waals surface area contributed by atoms with Crippen molar-refractivity contribution in [2.75, 3.05) is 19.0 Å². The average molecular weight is 365 g/mol. The van der Waals surface area contributed by atoms with Crippen molar-refractivity contribution in [2.45, 2.75) is 12.4 Å². The number of halogens is 6. The molecule has 0 unspecified atom stereocenters. The maximum Gasteiger partial charge on any atom is 0.455 e. The number of anilines is 1. The van der Waals surface area contributed by atoms with E-state index in [1.165, 1.54) is 6.08 Å². The van der Waals surface area contributed by atoms with Crippen molar-refractivity contribution in [1.82, 2.24) is 0 Å². The summed E-state index contributed by atoms with van der Waals surface area (Å²) in [6, 6.07) is 6.48. The average Bonchev–Trinajstić information content (AvgIpc) is 2.49. The Bertz CT molecular complexity index is 669. The molecule has 3 nitrogen and oxygen atoms in total. The van der Waals surface area contributed by atoms with Crippen molar-refractivity contribution in [3.8, 4) is 0 Å². The highest BCUT2D eigenvalue weighted by atomic mass is 19.4. The summed E-state index contributed by atoms with van der Waals surface area (Å²) in [6.07, 6.45) is -9.01. The standard InChI is InChI=1S/C16H13F6NO2/c1-23(2)11-8-6-10(7-9-11)4-3-5-12(13(24)15(17,18)19)14(25)16(20,21)22/h3-9H,1-2H3. The molecule has 0 heterocycles. The van der Waals surface area contributed by atoms with Crippen LogP contribution >= 0.6 is 0 Å². The van der Waals surface area contributed by atoms with Crippen molar-refractivity contribution < 1.29 is 35.9 Å². The van der Waals surface area contributed by atoms with E-state index in [1.54, 1.807) is 43.3 Å². The fraction of sp³-hybridized carbons (Fsp3) is 0.250. The van der Waals surface area contributed by atoms with E-state index in [0.29, 0.717) is 5.56 Å². The zero-order valence-electron chi connectivity index (χ0n) is 13.1. The second kappa shape index (κ2) is 7.54. The van der Waals surface area contributed by atoms with Crippen LogP contribution in [0.3, 0.4) is 0 Å². The first-order valence-electron chi connectivity index (χ1n) is 6.73. The predicted octanol–water partition coefficient (Wildman–Crippen LogP) is 3.96. The van der Waals surface area contributed by atoms with E-state index in [9.17, 15) is 35.9 Å². The highest BCUT2D eigenvalue weighted by Gasteiger charge is 2.49. The van der Waals surface area contributed by atoms with Crippen LogP contribution in [0.2, 0.25) is 0 Å². The van der Waals surface area contributed by atoms with E-state index < -0.39 is 29.5 Å². The molecule has 0 atom stereocenters. The van der Waals surface area contributed by atoms with E-state index in [1.807, 2.05) is 0 Å². The van der Waals surface area contributed by atoms with Gasteiger partial charge >= 0.3 is 12.4 Å². The summed E-state index contributed by atoms with van der Waals surface area (Å²) in [5.41, 5.74) is -0.700. The van der Waals surface area contributed by atoms with Gasteiger partial charge in [-0.1, -0.05) is 24.3 Å². The molecular formula is C16H13F6NO2. The number of hydrogen-bond acceptors (Lipinski definition) is 3. The highest BCUT2D eigenvalue weighted by Crippen LogP contribution is 2.27. The van der Waals surface area contributed by atoms with Crippen LogP contribution in [0.4, 0.5) is 32.0 Å². The van der Waals surface area contributed by atoms with Crippen LogP contribution in [-0.2, 0) is 9.59 Å². The molecule has 0 aromatic heterocycles. The number of ketones is 2. The minimum atomic E-state index is -5.59. The van der Waals surface area contributed by atoms with Gasteiger partial charge in [0.25, 0.3) is 11.6 Å². The summed E-state index contributed by atoms with van der Waals surface area (Å²) < 4.78 is 74.3. The van der Waals surface area contributed by atoms with E-state index in [-0.39, 0.29) is 6.08 Å². The van der Waals surface area contributed by atoms with E-state index >= 15 is 0 Å². The summed E-state index contributed by atoms with van der Waals surface area (Å²) >= 11 is 0. The van der Waals surface area contributed by atoms with Gasteiger partial charge in [-0.25, -0.2) is 0 Å². The van der Waals surface area contributed by atoms with E-state index in [0.717, 1.165) is 11.8 Å². The maximum absolute atomic E-state index is 12.4. The molecule has 0 aliphatic rings. The molecule has 0 saturated carbocycles. The molecule has 0 saturated heterocycles. The molecule has 0 N–H and O–H groups in total. The van der Waals surface area contributed by atoms with Crippen molar-refractivity contribution in [2.24, 2.45) is 0 Å². The maximum atomic E-state index is 12.4. The number of benzene rings is 1. The van der Waals surface area contributed by atoms with Gasteiger partial charge in [0.15, 0.2) is 0 Å². The molecule has 1 aromatic rings. The molecule has 0 spiro atoms. The molecular weight excluding hydrogens is 352 g/mol. The number of carbonyl (C=O) groups is 2. The summed E-state index contributed by atoms with van der Waals surface area (Å²) in [7, 11) is 3.57. The predicted molar refractivity (Wildman–Crippen MR) is 80.0 cm³/mol. The highest BCUT2D eigenvalue weighted by molar-refractivity contribution is 6.23. The Labute approximate surface area is 139 Å². The van der Waals surface area contributed by atoms with Gasteiger partial charge in [-0.2, -0.15) is 26.3 Å². The third-order valence-corrected chi connectivity index (χ3v) is 2.97. The van der Waals surface area contributed by atoms with Crippen LogP contribution < -0.4 is 4.90 Å². The summed E-state index contributed by atoms with van der Waals surface area (Å²) in [5.74, 6) is -5.69. The van der Waals surface area contributed by atoms with E-state index in [4.69, 9.17) is 0 Å². The van der Waals surface area contributed by atoms with Gasteiger partial charge in [0, 0.05) is 19.8 Å². The molecule has 0 aliphatic heterocycles. The molecule has 1 rings (SSSR count). The lowest BCUT2D eigenvalue weighted by atomic mass is 10.0. The largest absolute Gasteiger partial charge is 0.455 e. The third-order valence-electron chi connectivity index (χ3n) is 2.97. The summed E-state index contributed by atoms with van der Waals surface area (Å²) in [6.45, 7) is 0. The van der Waals surface area contributed by atoms with Gasteiger partial charge in [-0.15, -0.1) is 0 Å². The van der Waals surface area contributed by atoms with Crippen LogP contribution in [0.15, 0.2) is 42.0 Å². The first-order valence-corrected chi connectivity index (χ1v) is 6.73. The van der Waals surface area contributed by atoms with Crippen LogP contribution in [0.25, 0.3) is 6.08 Å². The van der Waals surface area contributed by atoms with Crippen LogP contribution in [0.5, 0.6) is 0 Å². The fourth-order valence-electron chi connectivity index (χ4n) is 1.70. The Kier molecular flexibility index (Phi) is 6.17. The normalized spacial score (nSPS) is 12.2. The number of nitrogens with zero attached hydrogens (tertiary/aromatic N) is 1. The zero-order chi connectivity index (χ0) is 19.4. The van der Waals surface area contributed by atoms with Crippen molar-refractivity contribution in [3.05, 3.63) is 47.6 Å². The van der Waals surface area contributed by atoms with Gasteiger partial charge in [0.1, 0.15) is 0 Å². The smallest absolute Gasteiger partial charge is 0.378 e. The van der Waals surface area contributed by atoms with Crippen molar-refractivity contribution >= 4 is 23.3 Å². The van der Waals surface area contributed by atoms with Crippen LogP contribution in [0, 0.1) is 0 Å². The van der Waals surface area contributed by atoms with E-state index in [2.05, 4.69) is 0 Å². The SMILES string of the molecule is CN(C)c1ccc(C=CC=C(C(=O)C(F)(F)F)C(=O)C(F)(F)F)cc1. The lowest BCUT2D eigenvalue weighted by Gasteiger charge is -2.11. The van der Waals surface area contributed by atoms with Gasteiger partial charge in [-0.3, -0.25) is 9.59 Å². The quantitative estimate of drug-likeness (QED) is 0.261.